The minimum atomic E-state index is 0.264. The second kappa shape index (κ2) is 3.07. The third kappa shape index (κ3) is 1.59. The molecule has 0 aromatic rings. The normalized spacial score (nSPS) is 26.0. The van der Waals surface area contributed by atoms with Crippen molar-refractivity contribution >= 4 is 11.6 Å². The molecule has 0 amide bonds. The van der Waals surface area contributed by atoms with Crippen LogP contribution in [0.25, 0.3) is 0 Å². The molecule has 0 aromatic heterocycles. The van der Waals surface area contributed by atoms with Crippen LogP contribution in [0.1, 0.15) is 19.8 Å². The van der Waals surface area contributed by atoms with Gasteiger partial charge in [-0.25, -0.2) is 0 Å². The van der Waals surface area contributed by atoms with Crippen LogP contribution in [0.5, 0.6) is 0 Å². The number of allylic oxidation sites excluding steroid dienone is 4. The molecule has 1 aliphatic carbocycles. The molecule has 1 aliphatic rings. The van der Waals surface area contributed by atoms with Gasteiger partial charge in [-0.1, -0.05) is 30.7 Å². The zero-order chi connectivity index (χ0) is 6.69. The standard InChI is InChI=1S/C8H11Cl/c1-2-7-5-3-4-6-8(7)9/h3-5,8H,2,6H2,1H3. The van der Waals surface area contributed by atoms with Gasteiger partial charge in [0.25, 0.3) is 0 Å². The van der Waals surface area contributed by atoms with Gasteiger partial charge in [-0.3, -0.25) is 0 Å². The van der Waals surface area contributed by atoms with E-state index in [0.717, 1.165) is 12.8 Å². The van der Waals surface area contributed by atoms with Gasteiger partial charge in [-0.15, -0.1) is 11.6 Å². The fraction of sp³-hybridized carbons (Fsp3) is 0.500. The quantitative estimate of drug-likeness (QED) is 0.494. The predicted molar refractivity (Wildman–Crippen MR) is 41.8 cm³/mol. The summed E-state index contributed by atoms with van der Waals surface area (Å²) in [5.74, 6) is 0. The molecular formula is C8H11Cl. The zero-order valence-corrected chi connectivity index (χ0v) is 6.36. The van der Waals surface area contributed by atoms with E-state index in [1.54, 1.807) is 0 Å². The van der Waals surface area contributed by atoms with Crippen LogP contribution in [-0.2, 0) is 0 Å². The van der Waals surface area contributed by atoms with Gasteiger partial charge in [0.05, 0.1) is 5.38 Å². The summed E-state index contributed by atoms with van der Waals surface area (Å²) in [7, 11) is 0. The summed E-state index contributed by atoms with van der Waals surface area (Å²) in [5.41, 5.74) is 1.36. The van der Waals surface area contributed by atoms with E-state index in [1.807, 2.05) is 0 Å². The predicted octanol–water partition coefficient (Wildman–Crippen LogP) is 2.89. The maximum Gasteiger partial charge on any atom is 0.0582 e. The maximum absolute atomic E-state index is 5.96. The number of alkyl halides is 1. The van der Waals surface area contributed by atoms with Gasteiger partial charge in [0.15, 0.2) is 0 Å². The van der Waals surface area contributed by atoms with Crippen LogP contribution in [0.15, 0.2) is 23.8 Å². The van der Waals surface area contributed by atoms with Crippen molar-refractivity contribution in [2.45, 2.75) is 25.1 Å². The van der Waals surface area contributed by atoms with Gasteiger partial charge in [-0.05, 0) is 12.8 Å². The van der Waals surface area contributed by atoms with Gasteiger partial charge in [0.1, 0.15) is 0 Å². The van der Waals surface area contributed by atoms with Gasteiger partial charge < -0.3 is 0 Å². The summed E-state index contributed by atoms with van der Waals surface area (Å²) in [5, 5.41) is 0.264. The van der Waals surface area contributed by atoms with Crippen molar-refractivity contribution < 1.29 is 0 Å². The molecule has 0 saturated carbocycles. The van der Waals surface area contributed by atoms with Crippen molar-refractivity contribution in [3.8, 4) is 0 Å². The summed E-state index contributed by atoms with van der Waals surface area (Å²) in [4.78, 5) is 0. The molecule has 9 heavy (non-hydrogen) atoms. The summed E-state index contributed by atoms with van der Waals surface area (Å²) in [6, 6.07) is 0. The SMILES string of the molecule is CCC1=CC=CCC1Cl. The van der Waals surface area contributed by atoms with Gasteiger partial charge in [0, 0.05) is 0 Å². The molecule has 1 unspecified atom stereocenters. The average molecular weight is 143 g/mol. The lowest BCUT2D eigenvalue weighted by Gasteiger charge is -2.12. The van der Waals surface area contributed by atoms with Crippen molar-refractivity contribution in [3.05, 3.63) is 23.8 Å². The highest BCUT2D eigenvalue weighted by atomic mass is 35.5. The van der Waals surface area contributed by atoms with Crippen LogP contribution in [0, 0.1) is 0 Å². The Bertz CT molecular complexity index is 145. The van der Waals surface area contributed by atoms with Crippen LogP contribution in [0.4, 0.5) is 0 Å². The zero-order valence-electron chi connectivity index (χ0n) is 5.60. The molecule has 0 saturated heterocycles. The first-order chi connectivity index (χ1) is 4.34. The van der Waals surface area contributed by atoms with Gasteiger partial charge in [-0.2, -0.15) is 0 Å². The lowest BCUT2D eigenvalue weighted by Crippen LogP contribution is -2.02. The molecule has 1 heteroatoms. The highest BCUT2D eigenvalue weighted by molar-refractivity contribution is 6.22. The Morgan fingerprint density at radius 1 is 1.78 bits per heavy atom. The number of halogens is 1. The Balaban J connectivity index is 2.63. The molecule has 0 spiro atoms. The molecule has 0 fully saturated rings. The van der Waals surface area contributed by atoms with Crippen molar-refractivity contribution in [2.75, 3.05) is 0 Å². The van der Waals surface area contributed by atoms with E-state index in [4.69, 9.17) is 11.6 Å². The lowest BCUT2D eigenvalue weighted by atomic mass is 10.0. The van der Waals surface area contributed by atoms with E-state index >= 15 is 0 Å². The minimum Gasteiger partial charge on any atom is -0.118 e. The molecule has 0 N–H and O–H groups in total. The van der Waals surface area contributed by atoms with Crippen LogP contribution in [0.3, 0.4) is 0 Å². The second-order valence-electron chi connectivity index (χ2n) is 2.23. The average Bonchev–Trinajstić information content (AvgIpc) is 1.89. The molecule has 0 aliphatic heterocycles. The summed E-state index contributed by atoms with van der Waals surface area (Å²) in [6.07, 6.45) is 8.38. The Kier molecular flexibility index (Phi) is 2.35. The molecule has 0 nitrogen and oxygen atoms in total. The fourth-order valence-corrected chi connectivity index (χ4v) is 1.31. The lowest BCUT2D eigenvalue weighted by molar-refractivity contribution is 0.903. The first kappa shape index (κ1) is 6.88. The van der Waals surface area contributed by atoms with Crippen molar-refractivity contribution in [3.63, 3.8) is 0 Å². The molecule has 0 bridgehead atoms. The molecule has 1 atom stereocenters. The topological polar surface area (TPSA) is 0 Å². The number of hydrogen-bond donors (Lipinski definition) is 0. The smallest absolute Gasteiger partial charge is 0.0582 e. The van der Waals surface area contributed by atoms with Crippen molar-refractivity contribution in [1.82, 2.24) is 0 Å². The van der Waals surface area contributed by atoms with E-state index in [0.29, 0.717) is 0 Å². The van der Waals surface area contributed by atoms with Crippen LogP contribution >= 0.6 is 11.6 Å². The van der Waals surface area contributed by atoms with Gasteiger partial charge in [0.2, 0.25) is 0 Å². The molecule has 0 heterocycles. The third-order valence-electron chi connectivity index (χ3n) is 1.60. The monoisotopic (exact) mass is 142 g/mol. The fourth-order valence-electron chi connectivity index (χ4n) is 0.985. The Hall–Kier alpha value is -0.230. The highest BCUT2D eigenvalue weighted by Crippen LogP contribution is 2.20. The Morgan fingerprint density at radius 2 is 2.56 bits per heavy atom. The van der Waals surface area contributed by atoms with E-state index in [-0.39, 0.29) is 5.38 Å². The maximum atomic E-state index is 5.96. The van der Waals surface area contributed by atoms with Gasteiger partial charge >= 0.3 is 0 Å². The number of rotatable bonds is 1. The van der Waals surface area contributed by atoms with E-state index in [9.17, 15) is 0 Å². The first-order valence-corrected chi connectivity index (χ1v) is 3.78. The van der Waals surface area contributed by atoms with Crippen LogP contribution < -0.4 is 0 Å². The first-order valence-electron chi connectivity index (χ1n) is 3.34. The largest absolute Gasteiger partial charge is 0.118 e. The molecule has 0 aromatic carbocycles. The van der Waals surface area contributed by atoms with E-state index in [1.165, 1.54) is 5.57 Å². The summed E-state index contributed by atoms with van der Waals surface area (Å²) >= 11 is 5.96. The van der Waals surface area contributed by atoms with Crippen molar-refractivity contribution in [1.29, 1.82) is 0 Å². The third-order valence-corrected chi connectivity index (χ3v) is 2.06. The van der Waals surface area contributed by atoms with E-state index in [2.05, 4.69) is 25.2 Å². The minimum absolute atomic E-state index is 0.264. The second-order valence-corrected chi connectivity index (χ2v) is 2.75. The highest BCUT2D eigenvalue weighted by Gasteiger charge is 2.08. The molecular weight excluding hydrogens is 132 g/mol. The molecule has 0 radical (unpaired) electrons. The summed E-state index contributed by atoms with van der Waals surface area (Å²) in [6.45, 7) is 2.14. The molecule has 50 valence electrons. The van der Waals surface area contributed by atoms with Crippen LogP contribution in [-0.4, -0.2) is 5.38 Å². The number of hydrogen-bond acceptors (Lipinski definition) is 0. The van der Waals surface area contributed by atoms with Crippen molar-refractivity contribution in [2.24, 2.45) is 0 Å². The summed E-state index contributed by atoms with van der Waals surface area (Å²) < 4.78 is 0. The van der Waals surface area contributed by atoms with E-state index < -0.39 is 0 Å². The van der Waals surface area contributed by atoms with Crippen LogP contribution in [0.2, 0.25) is 0 Å². The Morgan fingerprint density at radius 3 is 3.00 bits per heavy atom. The molecule has 1 rings (SSSR count). The Labute approximate surface area is 61.2 Å².